The molecule has 8 heteroatoms. The molecular formula is C13H11ClF3NO3. The van der Waals surface area contributed by atoms with Crippen LogP contribution in [0.5, 0.6) is 0 Å². The summed E-state index contributed by atoms with van der Waals surface area (Å²) >= 11 is 5.73. The van der Waals surface area contributed by atoms with Gasteiger partial charge in [-0.05, 0) is 18.2 Å². The SMILES string of the molecule is O=C(O)[C@@H]1CN(C(=O)c2cccc(Cl)c2)C[C@H]1C(F)(F)F. The molecule has 1 aliphatic rings. The maximum atomic E-state index is 12.9. The lowest BCUT2D eigenvalue weighted by atomic mass is 9.96. The number of carboxylic acid groups (broad SMARTS) is 1. The fourth-order valence-corrected chi connectivity index (χ4v) is 2.55. The van der Waals surface area contributed by atoms with Crippen molar-refractivity contribution in [2.45, 2.75) is 6.18 Å². The molecule has 2 atom stereocenters. The van der Waals surface area contributed by atoms with Crippen LogP contribution >= 0.6 is 11.6 Å². The molecule has 2 rings (SSSR count). The minimum atomic E-state index is -4.66. The van der Waals surface area contributed by atoms with Gasteiger partial charge in [-0.3, -0.25) is 9.59 Å². The third-order valence-electron chi connectivity index (χ3n) is 3.42. The summed E-state index contributed by atoms with van der Waals surface area (Å²) in [6.45, 7) is -1.13. The van der Waals surface area contributed by atoms with Crippen LogP contribution in [0.3, 0.4) is 0 Å². The molecular weight excluding hydrogens is 311 g/mol. The fourth-order valence-electron chi connectivity index (χ4n) is 2.36. The lowest BCUT2D eigenvalue weighted by Gasteiger charge is -2.18. The van der Waals surface area contributed by atoms with Gasteiger partial charge in [-0.1, -0.05) is 17.7 Å². The van der Waals surface area contributed by atoms with E-state index in [4.69, 9.17) is 16.7 Å². The number of hydrogen-bond donors (Lipinski definition) is 1. The molecule has 0 unspecified atom stereocenters. The Morgan fingerprint density at radius 1 is 1.29 bits per heavy atom. The summed E-state index contributed by atoms with van der Waals surface area (Å²) in [4.78, 5) is 24.0. The van der Waals surface area contributed by atoms with Gasteiger partial charge in [0.2, 0.25) is 0 Å². The summed E-state index contributed by atoms with van der Waals surface area (Å²) in [6.07, 6.45) is -4.66. The van der Waals surface area contributed by atoms with Gasteiger partial charge in [-0.2, -0.15) is 13.2 Å². The zero-order valence-electron chi connectivity index (χ0n) is 10.6. The lowest BCUT2D eigenvalue weighted by Crippen LogP contribution is -2.34. The highest BCUT2D eigenvalue weighted by molar-refractivity contribution is 6.30. The third kappa shape index (κ3) is 3.29. The largest absolute Gasteiger partial charge is 0.481 e. The van der Waals surface area contributed by atoms with E-state index in [-0.39, 0.29) is 10.6 Å². The van der Waals surface area contributed by atoms with Crippen LogP contribution in [0.2, 0.25) is 5.02 Å². The maximum Gasteiger partial charge on any atom is 0.394 e. The molecule has 1 aromatic carbocycles. The number of halogens is 4. The summed E-state index contributed by atoms with van der Waals surface area (Å²) in [5, 5.41) is 9.18. The smallest absolute Gasteiger partial charge is 0.394 e. The molecule has 1 amide bonds. The number of likely N-dealkylation sites (tertiary alicyclic amines) is 1. The van der Waals surface area contributed by atoms with Crippen LogP contribution in [-0.4, -0.2) is 41.1 Å². The fraction of sp³-hybridized carbons (Fsp3) is 0.385. The molecule has 1 aliphatic heterocycles. The van der Waals surface area contributed by atoms with Gasteiger partial charge in [0.1, 0.15) is 0 Å². The van der Waals surface area contributed by atoms with Gasteiger partial charge in [0.25, 0.3) is 5.91 Å². The van der Waals surface area contributed by atoms with Crippen LogP contribution in [-0.2, 0) is 4.79 Å². The number of carbonyl (C=O) groups excluding carboxylic acids is 1. The van der Waals surface area contributed by atoms with Gasteiger partial charge in [0.05, 0.1) is 11.8 Å². The number of aliphatic carboxylic acids is 1. The molecule has 1 heterocycles. The first kappa shape index (κ1) is 15.6. The van der Waals surface area contributed by atoms with E-state index in [1.165, 1.54) is 24.3 Å². The van der Waals surface area contributed by atoms with Crippen molar-refractivity contribution in [3.05, 3.63) is 34.9 Å². The summed E-state index contributed by atoms with van der Waals surface area (Å²) in [6, 6.07) is 5.79. The molecule has 4 nitrogen and oxygen atoms in total. The van der Waals surface area contributed by atoms with Crippen molar-refractivity contribution in [3.8, 4) is 0 Å². The minimum absolute atomic E-state index is 0.134. The second-order valence-corrected chi connectivity index (χ2v) is 5.25. The third-order valence-corrected chi connectivity index (χ3v) is 3.65. The first-order valence-electron chi connectivity index (χ1n) is 6.04. The molecule has 21 heavy (non-hydrogen) atoms. The first-order chi connectivity index (χ1) is 9.70. The van der Waals surface area contributed by atoms with Gasteiger partial charge < -0.3 is 10.0 Å². The Kier molecular flexibility index (Phi) is 4.13. The Hall–Kier alpha value is -1.76. The monoisotopic (exact) mass is 321 g/mol. The van der Waals surface area contributed by atoms with Crippen LogP contribution in [0, 0.1) is 11.8 Å². The Labute approximate surface area is 123 Å². The van der Waals surface area contributed by atoms with Crippen LogP contribution in [0.1, 0.15) is 10.4 Å². The molecule has 1 N–H and O–H groups in total. The number of carbonyl (C=O) groups is 2. The summed E-state index contributed by atoms with van der Waals surface area (Å²) in [5.41, 5.74) is 0.134. The van der Waals surface area contributed by atoms with Crippen molar-refractivity contribution < 1.29 is 27.9 Å². The molecule has 1 saturated heterocycles. The van der Waals surface area contributed by atoms with Gasteiger partial charge in [-0.15, -0.1) is 0 Å². The van der Waals surface area contributed by atoms with Crippen molar-refractivity contribution in [2.75, 3.05) is 13.1 Å². The number of hydrogen-bond acceptors (Lipinski definition) is 2. The average Bonchev–Trinajstić information content (AvgIpc) is 2.83. The van der Waals surface area contributed by atoms with Gasteiger partial charge in [0, 0.05) is 23.7 Å². The van der Waals surface area contributed by atoms with E-state index >= 15 is 0 Å². The Bertz CT molecular complexity index is 576. The minimum Gasteiger partial charge on any atom is -0.481 e. The number of carboxylic acids is 1. The van der Waals surface area contributed by atoms with E-state index in [1.54, 1.807) is 0 Å². The summed E-state index contributed by atoms with van der Waals surface area (Å²) < 4.78 is 38.6. The van der Waals surface area contributed by atoms with Crippen molar-refractivity contribution in [1.29, 1.82) is 0 Å². The normalized spacial score (nSPS) is 22.4. The standard InChI is InChI=1S/C13H11ClF3NO3/c14-8-3-1-2-7(4-8)11(19)18-5-9(12(20)21)10(6-18)13(15,16)17/h1-4,9-10H,5-6H2,(H,20,21)/t9-,10-/m1/s1. The molecule has 1 aromatic rings. The highest BCUT2D eigenvalue weighted by Gasteiger charge is 2.53. The van der Waals surface area contributed by atoms with E-state index in [1.807, 2.05) is 0 Å². The van der Waals surface area contributed by atoms with Crippen LogP contribution in [0.4, 0.5) is 13.2 Å². The molecule has 1 fully saturated rings. The van der Waals surface area contributed by atoms with E-state index in [0.29, 0.717) is 0 Å². The number of nitrogens with zero attached hydrogens (tertiary/aromatic N) is 1. The second-order valence-electron chi connectivity index (χ2n) is 4.81. The number of alkyl halides is 3. The molecule has 114 valence electrons. The quantitative estimate of drug-likeness (QED) is 0.911. The molecule has 0 aromatic heterocycles. The average molecular weight is 322 g/mol. The zero-order chi connectivity index (χ0) is 15.8. The predicted octanol–water partition coefficient (Wildman–Crippen LogP) is 2.68. The van der Waals surface area contributed by atoms with Gasteiger partial charge in [-0.25, -0.2) is 0 Å². The Morgan fingerprint density at radius 2 is 1.95 bits per heavy atom. The molecule has 0 bridgehead atoms. The van der Waals surface area contributed by atoms with Gasteiger partial charge in [0.15, 0.2) is 0 Å². The Balaban J connectivity index is 2.23. The van der Waals surface area contributed by atoms with Crippen LogP contribution < -0.4 is 0 Å². The predicted molar refractivity (Wildman–Crippen MR) is 68.0 cm³/mol. The van der Waals surface area contributed by atoms with Crippen molar-refractivity contribution in [3.63, 3.8) is 0 Å². The maximum absolute atomic E-state index is 12.9. The van der Waals surface area contributed by atoms with Crippen molar-refractivity contribution in [2.24, 2.45) is 11.8 Å². The Morgan fingerprint density at radius 3 is 2.43 bits per heavy atom. The van der Waals surface area contributed by atoms with E-state index < -0.39 is 43.0 Å². The lowest BCUT2D eigenvalue weighted by molar-refractivity contribution is -0.187. The molecule has 0 saturated carbocycles. The van der Waals surface area contributed by atoms with E-state index in [0.717, 1.165) is 4.90 Å². The van der Waals surface area contributed by atoms with E-state index in [9.17, 15) is 22.8 Å². The number of benzene rings is 1. The first-order valence-corrected chi connectivity index (χ1v) is 6.42. The number of amides is 1. The summed E-state index contributed by atoms with van der Waals surface area (Å²) in [5.74, 6) is -5.92. The zero-order valence-corrected chi connectivity index (χ0v) is 11.4. The molecule has 0 spiro atoms. The summed E-state index contributed by atoms with van der Waals surface area (Å²) in [7, 11) is 0. The van der Waals surface area contributed by atoms with Crippen molar-refractivity contribution >= 4 is 23.5 Å². The van der Waals surface area contributed by atoms with Crippen LogP contribution in [0.15, 0.2) is 24.3 Å². The van der Waals surface area contributed by atoms with Gasteiger partial charge >= 0.3 is 12.1 Å². The number of rotatable bonds is 2. The highest BCUT2D eigenvalue weighted by Crippen LogP contribution is 2.38. The molecule has 0 aliphatic carbocycles. The van der Waals surface area contributed by atoms with Crippen LogP contribution in [0.25, 0.3) is 0 Å². The topological polar surface area (TPSA) is 57.6 Å². The van der Waals surface area contributed by atoms with Crippen molar-refractivity contribution in [1.82, 2.24) is 4.90 Å². The molecule has 0 radical (unpaired) electrons. The second kappa shape index (κ2) is 5.55. The van der Waals surface area contributed by atoms with E-state index in [2.05, 4.69) is 0 Å². The highest BCUT2D eigenvalue weighted by atomic mass is 35.5.